The number of carbonyl (C=O) groups is 2. The van der Waals surface area contributed by atoms with Gasteiger partial charge in [-0.05, 0) is 19.8 Å². The fourth-order valence-electron chi connectivity index (χ4n) is 1.72. The Labute approximate surface area is 124 Å². The lowest BCUT2D eigenvalue weighted by molar-refractivity contribution is -0.143. The largest absolute Gasteiger partial charge is 0.466 e. The molecule has 0 aromatic carbocycles. The summed E-state index contributed by atoms with van der Waals surface area (Å²) in [5, 5.41) is 6.57. The highest BCUT2D eigenvalue weighted by atomic mass is 16.5. The fraction of sp³-hybridized carbons (Fsp3) is 0.714. The first-order valence-electron chi connectivity index (χ1n) is 7.39. The molecule has 1 heterocycles. The second-order valence-electron chi connectivity index (χ2n) is 4.61. The van der Waals surface area contributed by atoms with Gasteiger partial charge in [-0.3, -0.25) is 9.59 Å². The molecule has 0 spiro atoms. The summed E-state index contributed by atoms with van der Waals surface area (Å²) in [6.07, 6.45) is 3.36. The van der Waals surface area contributed by atoms with E-state index >= 15 is 0 Å². The molecule has 1 amide bonds. The van der Waals surface area contributed by atoms with E-state index in [9.17, 15) is 9.59 Å². The molecule has 0 unspecified atom stereocenters. The Hall–Kier alpha value is -1.92. The molecule has 0 aliphatic carbocycles. The zero-order chi connectivity index (χ0) is 15.5. The Kier molecular flexibility index (Phi) is 8.08. The van der Waals surface area contributed by atoms with E-state index in [1.54, 1.807) is 6.92 Å². The molecule has 0 aliphatic heterocycles. The fourth-order valence-corrected chi connectivity index (χ4v) is 1.72. The van der Waals surface area contributed by atoms with Gasteiger partial charge >= 0.3 is 5.97 Å². The van der Waals surface area contributed by atoms with Crippen LogP contribution in [0.15, 0.2) is 4.52 Å². The van der Waals surface area contributed by atoms with Crippen LogP contribution >= 0.6 is 0 Å². The van der Waals surface area contributed by atoms with Crippen molar-refractivity contribution >= 4 is 11.9 Å². The highest BCUT2D eigenvalue weighted by Gasteiger charge is 2.09. The number of hydrogen-bond acceptors (Lipinski definition) is 6. The molecule has 0 fully saturated rings. The van der Waals surface area contributed by atoms with Crippen molar-refractivity contribution in [3.05, 3.63) is 11.7 Å². The van der Waals surface area contributed by atoms with Crippen molar-refractivity contribution in [2.45, 2.75) is 52.4 Å². The minimum Gasteiger partial charge on any atom is -0.466 e. The Morgan fingerprint density at radius 3 is 2.76 bits per heavy atom. The van der Waals surface area contributed by atoms with E-state index in [1.807, 2.05) is 6.92 Å². The molecule has 0 saturated carbocycles. The predicted octanol–water partition coefficient (Wildman–Crippen LogP) is 1.41. The van der Waals surface area contributed by atoms with Crippen molar-refractivity contribution < 1.29 is 18.8 Å². The van der Waals surface area contributed by atoms with E-state index in [4.69, 9.17) is 9.26 Å². The van der Waals surface area contributed by atoms with Crippen LogP contribution < -0.4 is 5.32 Å². The maximum absolute atomic E-state index is 11.6. The summed E-state index contributed by atoms with van der Waals surface area (Å²) < 4.78 is 9.85. The van der Waals surface area contributed by atoms with Crippen LogP contribution in [0.4, 0.5) is 0 Å². The van der Waals surface area contributed by atoms with Gasteiger partial charge in [0.25, 0.3) is 0 Å². The molecule has 0 bridgehead atoms. The van der Waals surface area contributed by atoms with E-state index in [2.05, 4.69) is 15.5 Å². The lowest BCUT2D eigenvalue weighted by Gasteiger charge is -2.04. The van der Waals surface area contributed by atoms with Gasteiger partial charge in [-0.15, -0.1) is 0 Å². The van der Waals surface area contributed by atoms with Gasteiger partial charge in [0, 0.05) is 32.2 Å². The normalized spacial score (nSPS) is 10.4. The van der Waals surface area contributed by atoms with Crippen LogP contribution in [0.3, 0.4) is 0 Å². The molecule has 0 radical (unpaired) electrons. The molecule has 7 heteroatoms. The van der Waals surface area contributed by atoms with Crippen LogP contribution in [0.25, 0.3) is 0 Å². The summed E-state index contributed by atoms with van der Waals surface area (Å²) in [7, 11) is 0. The monoisotopic (exact) mass is 297 g/mol. The third-order valence-corrected chi connectivity index (χ3v) is 2.73. The number of nitrogens with zero attached hydrogens (tertiary/aromatic N) is 2. The zero-order valence-electron chi connectivity index (χ0n) is 12.7. The van der Waals surface area contributed by atoms with Crippen molar-refractivity contribution in [3.63, 3.8) is 0 Å². The van der Waals surface area contributed by atoms with E-state index in [1.165, 1.54) is 0 Å². The number of amides is 1. The molecule has 0 atom stereocenters. The molecule has 1 rings (SSSR count). The van der Waals surface area contributed by atoms with Crippen LogP contribution in [0.1, 0.15) is 51.2 Å². The van der Waals surface area contributed by atoms with Crippen LogP contribution in [0, 0.1) is 0 Å². The highest BCUT2D eigenvalue weighted by Crippen LogP contribution is 2.03. The van der Waals surface area contributed by atoms with Crippen molar-refractivity contribution in [2.24, 2.45) is 0 Å². The quantitative estimate of drug-likeness (QED) is 0.518. The molecular weight excluding hydrogens is 274 g/mol. The van der Waals surface area contributed by atoms with E-state index in [-0.39, 0.29) is 11.9 Å². The Balaban J connectivity index is 2.11. The molecule has 1 aromatic rings. The number of nitrogens with one attached hydrogen (secondary N) is 1. The Bertz CT molecular complexity index is 445. The number of hydrogen-bond donors (Lipinski definition) is 1. The maximum atomic E-state index is 11.6. The molecule has 0 aliphatic rings. The number of carbonyl (C=O) groups excluding carboxylic acids is 2. The average Bonchev–Trinajstić information content (AvgIpc) is 2.90. The van der Waals surface area contributed by atoms with Gasteiger partial charge in [0.15, 0.2) is 5.82 Å². The molecule has 21 heavy (non-hydrogen) atoms. The first-order chi connectivity index (χ1) is 10.2. The molecule has 0 saturated heterocycles. The second-order valence-corrected chi connectivity index (χ2v) is 4.61. The Morgan fingerprint density at radius 1 is 1.24 bits per heavy atom. The first kappa shape index (κ1) is 17.1. The van der Waals surface area contributed by atoms with Gasteiger partial charge < -0.3 is 14.6 Å². The van der Waals surface area contributed by atoms with E-state index < -0.39 is 0 Å². The predicted molar refractivity (Wildman–Crippen MR) is 75.5 cm³/mol. The summed E-state index contributed by atoms with van der Waals surface area (Å²) in [4.78, 5) is 26.9. The average molecular weight is 297 g/mol. The van der Waals surface area contributed by atoms with Crippen LogP contribution in [0.2, 0.25) is 0 Å². The third kappa shape index (κ3) is 7.43. The second kappa shape index (κ2) is 9.90. The van der Waals surface area contributed by atoms with Crippen molar-refractivity contribution in [1.82, 2.24) is 15.5 Å². The summed E-state index contributed by atoms with van der Waals surface area (Å²) in [6, 6.07) is 0. The van der Waals surface area contributed by atoms with E-state index in [0.29, 0.717) is 50.6 Å². The van der Waals surface area contributed by atoms with Gasteiger partial charge in [0.1, 0.15) is 0 Å². The Morgan fingerprint density at radius 2 is 2.05 bits per heavy atom. The number of ether oxygens (including phenoxy) is 1. The lowest BCUT2D eigenvalue weighted by atomic mass is 10.2. The maximum Gasteiger partial charge on any atom is 0.305 e. The number of aryl methyl sites for hydroxylation is 2. The molecule has 1 aromatic heterocycles. The van der Waals surface area contributed by atoms with Crippen LogP contribution in [-0.2, 0) is 27.2 Å². The third-order valence-electron chi connectivity index (χ3n) is 2.73. The van der Waals surface area contributed by atoms with Crippen molar-refractivity contribution in [1.29, 1.82) is 0 Å². The van der Waals surface area contributed by atoms with Crippen molar-refractivity contribution in [3.8, 4) is 0 Å². The number of esters is 1. The standard InChI is InChI=1S/C14H23N3O4/c1-3-6-11-16-13(21-17-11)9-8-12(18)15-10-5-7-14(19)20-4-2/h3-10H2,1-2H3,(H,15,18). The van der Waals surface area contributed by atoms with Gasteiger partial charge in [-0.2, -0.15) is 4.98 Å². The highest BCUT2D eigenvalue weighted by molar-refractivity contribution is 5.76. The van der Waals surface area contributed by atoms with Gasteiger partial charge in [0.2, 0.25) is 11.8 Å². The molecule has 118 valence electrons. The molecule has 1 N–H and O–H groups in total. The minimum absolute atomic E-state index is 0.0888. The smallest absolute Gasteiger partial charge is 0.305 e. The minimum atomic E-state index is -0.235. The van der Waals surface area contributed by atoms with Crippen LogP contribution in [-0.4, -0.2) is 35.2 Å². The van der Waals surface area contributed by atoms with Crippen LogP contribution in [0.5, 0.6) is 0 Å². The first-order valence-corrected chi connectivity index (χ1v) is 7.39. The summed E-state index contributed by atoms with van der Waals surface area (Å²) in [5.41, 5.74) is 0. The number of aromatic nitrogens is 2. The summed E-state index contributed by atoms with van der Waals surface area (Å²) >= 11 is 0. The summed E-state index contributed by atoms with van der Waals surface area (Å²) in [6.45, 7) is 4.65. The van der Waals surface area contributed by atoms with Gasteiger partial charge in [0.05, 0.1) is 6.61 Å². The molecular formula is C14H23N3O4. The van der Waals surface area contributed by atoms with Gasteiger partial charge in [-0.25, -0.2) is 0 Å². The SMILES string of the molecule is CCCc1noc(CCC(=O)NCCCC(=O)OCC)n1. The number of rotatable bonds is 10. The molecule has 7 nitrogen and oxygen atoms in total. The lowest BCUT2D eigenvalue weighted by Crippen LogP contribution is -2.25. The zero-order valence-corrected chi connectivity index (χ0v) is 12.7. The topological polar surface area (TPSA) is 94.3 Å². The van der Waals surface area contributed by atoms with E-state index in [0.717, 1.165) is 12.8 Å². The van der Waals surface area contributed by atoms with Crippen molar-refractivity contribution in [2.75, 3.05) is 13.2 Å². The summed E-state index contributed by atoms with van der Waals surface area (Å²) in [5.74, 6) is 0.845. The van der Waals surface area contributed by atoms with Gasteiger partial charge in [-0.1, -0.05) is 12.1 Å².